The molecular formula is C26H39N5O5S. The minimum absolute atomic E-state index is 0.0168. The summed E-state index contributed by atoms with van der Waals surface area (Å²) < 4.78 is 5.32. The van der Waals surface area contributed by atoms with Crippen LogP contribution in [-0.4, -0.2) is 65.5 Å². The molecule has 1 aliphatic carbocycles. The van der Waals surface area contributed by atoms with Crippen molar-refractivity contribution < 1.29 is 24.3 Å². The van der Waals surface area contributed by atoms with Crippen LogP contribution in [0, 0.1) is 11.8 Å². The number of hydrogen-bond acceptors (Lipinski definition) is 8. The number of amides is 2. The first-order valence-corrected chi connectivity index (χ1v) is 13.8. The van der Waals surface area contributed by atoms with Crippen LogP contribution in [0.4, 0.5) is 0 Å². The van der Waals surface area contributed by atoms with Gasteiger partial charge in [0.15, 0.2) is 5.84 Å². The quantitative estimate of drug-likeness (QED) is 0.0805. The molecule has 1 saturated carbocycles. The summed E-state index contributed by atoms with van der Waals surface area (Å²) in [5.41, 5.74) is 5.62. The summed E-state index contributed by atoms with van der Waals surface area (Å²) in [4.78, 5) is 42.1. The molecule has 0 saturated heterocycles. The summed E-state index contributed by atoms with van der Waals surface area (Å²) in [5, 5.41) is 17.9. The molecule has 0 aromatic carbocycles. The number of nitrogens with two attached hydrogens (primary N) is 1. The Balaban J connectivity index is 1.61. The Morgan fingerprint density at radius 2 is 2.00 bits per heavy atom. The van der Waals surface area contributed by atoms with E-state index >= 15 is 0 Å². The second-order valence-corrected chi connectivity index (χ2v) is 11.2. The molecule has 1 unspecified atom stereocenters. The fourth-order valence-corrected chi connectivity index (χ4v) is 5.51. The van der Waals surface area contributed by atoms with Crippen molar-refractivity contribution in [3.8, 4) is 0 Å². The van der Waals surface area contributed by atoms with Crippen LogP contribution in [0.5, 0.6) is 0 Å². The highest BCUT2D eigenvalue weighted by molar-refractivity contribution is 7.14. The molecule has 2 amide bonds. The smallest absolute Gasteiger partial charge is 0.319 e. The summed E-state index contributed by atoms with van der Waals surface area (Å²) in [6.07, 6.45) is 9.41. The molecular weight excluding hydrogens is 494 g/mol. The molecule has 2 atom stereocenters. The molecule has 2 aliphatic rings. The zero-order chi connectivity index (χ0) is 26.8. The summed E-state index contributed by atoms with van der Waals surface area (Å²) in [6, 6.07) is 2.26. The number of nitrogens with one attached hydrogen (secondary N) is 2. The molecule has 11 heteroatoms. The van der Waals surface area contributed by atoms with E-state index in [2.05, 4.69) is 29.6 Å². The van der Waals surface area contributed by atoms with Gasteiger partial charge in [0, 0.05) is 11.4 Å². The number of oxime groups is 1. The zero-order valence-electron chi connectivity index (χ0n) is 21.7. The predicted molar refractivity (Wildman–Crippen MR) is 142 cm³/mol. The minimum Gasteiger partial charge on any atom is -0.465 e. The topological polar surface area (TPSA) is 146 Å². The second kappa shape index (κ2) is 14.1. The van der Waals surface area contributed by atoms with E-state index in [9.17, 15) is 14.4 Å². The number of nitrogens with zero attached hydrogens (tertiary/aromatic N) is 2. The monoisotopic (exact) mass is 533 g/mol. The second-order valence-electron chi connectivity index (χ2n) is 9.99. The van der Waals surface area contributed by atoms with Gasteiger partial charge < -0.3 is 25.9 Å². The van der Waals surface area contributed by atoms with E-state index in [1.807, 2.05) is 6.08 Å². The van der Waals surface area contributed by atoms with Crippen molar-refractivity contribution >= 4 is 35.0 Å². The summed E-state index contributed by atoms with van der Waals surface area (Å²) >= 11 is 1.31. The van der Waals surface area contributed by atoms with Crippen LogP contribution >= 0.6 is 11.3 Å². The van der Waals surface area contributed by atoms with Gasteiger partial charge in [-0.1, -0.05) is 50.4 Å². The van der Waals surface area contributed by atoms with E-state index in [1.54, 1.807) is 23.1 Å². The molecule has 1 aliphatic heterocycles. The first-order chi connectivity index (χ1) is 17.8. The number of carbonyl (C=O) groups is 3. The van der Waals surface area contributed by atoms with Crippen LogP contribution in [0.25, 0.3) is 0 Å². The minimum atomic E-state index is -0.720. The van der Waals surface area contributed by atoms with E-state index in [4.69, 9.17) is 15.7 Å². The van der Waals surface area contributed by atoms with E-state index in [0.717, 1.165) is 43.4 Å². The maximum absolute atomic E-state index is 13.7. The van der Waals surface area contributed by atoms with Crippen molar-refractivity contribution in [1.82, 2.24) is 15.5 Å². The molecule has 2 heterocycles. The lowest BCUT2D eigenvalue weighted by Gasteiger charge is -2.34. The average Bonchev–Trinajstić information content (AvgIpc) is 3.57. The van der Waals surface area contributed by atoms with E-state index in [1.165, 1.54) is 11.3 Å². The normalized spacial score (nSPS) is 19.3. The number of amidine groups is 1. The van der Waals surface area contributed by atoms with Gasteiger partial charge in [-0.05, 0) is 43.2 Å². The maximum Gasteiger partial charge on any atom is 0.319 e. The van der Waals surface area contributed by atoms with Crippen molar-refractivity contribution in [3.05, 3.63) is 34.0 Å². The van der Waals surface area contributed by atoms with Gasteiger partial charge in [-0.15, -0.1) is 11.3 Å². The Morgan fingerprint density at radius 1 is 1.24 bits per heavy atom. The van der Waals surface area contributed by atoms with Gasteiger partial charge in [-0.25, -0.2) is 0 Å². The third-order valence-corrected chi connectivity index (χ3v) is 7.89. The zero-order valence-corrected chi connectivity index (χ0v) is 22.5. The Hall–Kier alpha value is -2.92. The number of ether oxygens (including phenoxy) is 1. The lowest BCUT2D eigenvalue weighted by atomic mass is 9.83. The number of rotatable bonds is 12. The van der Waals surface area contributed by atoms with Gasteiger partial charge in [-0.2, -0.15) is 0 Å². The molecule has 3 rings (SSSR count). The summed E-state index contributed by atoms with van der Waals surface area (Å²) in [7, 11) is 0. The molecule has 1 aromatic rings. The number of esters is 1. The van der Waals surface area contributed by atoms with Crippen LogP contribution < -0.4 is 16.4 Å². The van der Waals surface area contributed by atoms with Gasteiger partial charge >= 0.3 is 5.97 Å². The lowest BCUT2D eigenvalue weighted by Crippen LogP contribution is -2.56. The molecule has 1 fully saturated rings. The Bertz CT molecular complexity index is 986. The Labute approximate surface area is 222 Å². The van der Waals surface area contributed by atoms with Gasteiger partial charge in [0.05, 0.1) is 30.6 Å². The van der Waals surface area contributed by atoms with Crippen molar-refractivity contribution in [2.75, 3.05) is 19.7 Å². The molecule has 204 valence electrons. The highest BCUT2D eigenvalue weighted by Crippen LogP contribution is 2.28. The van der Waals surface area contributed by atoms with Crippen LogP contribution in [0.3, 0.4) is 0 Å². The fraction of sp³-hybridized carbons (Fsp3) is 0.615. The molecule has 0 spiro atoms. The highest BCUT2D eigenvalue weighted by Gasteiger charge is 2.38. The van der Waals surface area contributed by atoms with E-state index in [-0.39, 0.29) is 42.6 Å². The fourth-order valence-electron chi connectivity index (χ4n) is 4.67. The number of hydrogen-bond donors (Lipinski definition) is 4. The van der Waals surface area contributed by atoms with Crippen molar-refractivity contribution in [2.45, 2.75) is 71.0 Å². The molecule has 1 aromatic heterocycles. The number of thiophene rings is 1. The van der Waals surface area contributed by atoms with Crippen LogP contribution in [0.2, 0.25) is 0 Å². The lowest BCUT2D eigenvalue weighted by molar-refractivity contribution is -0.144. The first-order valence-electron chi connectivity index (χ1n) is 13.0. The highest BCUT2D eigenvalue weighted by atomic mass is 32.1. The molecule has 10 nitrogen and oxygen atoms in total. The van der Waals surface area contributed by atoms with Crippen molar-refractivity contribution in [3.63, 3.8) is 0 Å². The summed E-state index contributed by atoms with van der Waals surface area (Å²) in [6.45, 7) is 5.07. The molecule has 0 bridgehead atoms. The SMILES string of the molecule is CC(C)CCOC(=O)CN[C@H](C(=O)N1CC=CC1C(=O)NCc1ccc(/C(N)=N/O)s1)C1CCCCC1. The van der Waals surface area contributed by atoms with Crippen LogP contribution in [-0.2, 0) is 25.7 Å². The predicted octanol–water partition coefficient (Wildman–Crippen LogP) is 2.35. The van der Waals surface area contributed by atoms with Crippen LogP contribution in [0.15, 0.2) is 29.4 Å². The van der Waals surface area contributed by atoms with Gasteiger partial charge in [0.1, 0.15) is 6.04 Å². The summed E-state index contributed by atoms with van der Waals surface area (Å²) in [5.74, 6) is -0.253. The van der Waals surface area contributed by atoms with Gasteiger partial charge in [-0.3, -0.25) is 19.7 Å². The first kappa shape index (κ1) is 28.6. The third kappa shape index (κ3) is 8.29. The maximum atomic E-state index is 13.7. The number of carbonyl (C=O) groups excluding carboxylic acids is 3. The van der Waals surface area contributed by atoms with E-state index in [0.29, 0.717) is 23.9 Å². The van der Waals surface area contributed by atoms with Gasteiger partial charge in [0.25, 0.3) is 0 Å². The van der Waals surface area contributed by atoms with Crippen LogP contribution in [0.1, 0.15) is 62.1 Å². The van der Waals surface area contributed by atoms with E-state index < -0.39 is 12.1 Å². The largest absolute Gasteiger partial charge is 0.465 e. The Kier molecular flexibility index (Phi) is 10.9. The molecule has 5 N–H and O–H groups in total. The molecule has 0 radical (unpaired) electrons. The van der Waals surface area contributed by atoms with Crippen molar-refractivity contribution in [2.24, 2.45) is 22.7 Å². The average molecular weight is 534 g/mol. The molecule has 37 heavy (non-hydrogen) atoms. The standard InChI is InChI=1S/C26H39N5O5S/c1-17(2)12-14-36-22(32)16-28-23(18-7-4-3-5-8-18)26(34)31-13-6-9-20(31)25(33)29-15-19-10-11-21(37-19)24(27)30-35/h6,9-11,17-18,20,23,28,35H,3-5,7-8,12-16H2,1-2H3,(H2,27,30)(H,29,33)/t20?,23-/m0/s1. The van der Waals surface area contributed by atoms with Crippen molar-refractivity contribution in [1.29, 1.82) is 0 Å². The Morgan fingerprint density at radius 3 is 2.70 bits per heavy atom. The third-order valence-electron chi connectivity index (χ3n) is 6.78. The van der Waals surface area contributed by atoms with Gasteiger partial charge in [0.2, 0.25) is 11.8 Å².